The van der Waals surface area contributed by atoms with Gasteiger partial charge < -0.3 is 32.5 Å². The molecule has 1 saturated heterocycles. The second kappa shape index (κ2) is 10.5. The quantitative estimate of drug-likeness (QED) is 0.599. The fourth-order valence-corrected chi connectivity index (χ4v) is 3.86. The summed E-state index contributed by atoms with van der Waals surface area (Å²) < 4.78 is 11.5. The Kier molecular flexibility index (Phi) is 8.42. The molecule has 0 radical (unpaired) electrons. The molecule has 1 aliphatic rings. The van der Waals surface area contributed by atoms with Crippen LogP contribution >= 0.6 is 0 Å². The number of likely N-dealkylation sites (tertiary alicyclic amines) is 1. The molecule has 148 valence electrons. The summed E-state index contributed by atoms with van der Waals surface area (Å²) in [6.07, 6.45) is 4.10. The molecule has 0 bridgehead atoms. The first kappa shape index (κ1) is 21.5. The van der Waals surface area contributed by atoms with Gasteiger partial charge in [-0.3, -0.25) is 0 Å². The van der Waals surface area contributed by atoms with Crippen LogP contribution in [0, 0.1) is 0 Å². The lowest BCUT2D eigenvalue weighted by atomic mass is 10.0. The van der Waals surface area contributed by atoms with Crippen LogP contribution in [0.25, 0.3) is 0 Å². The fraction of sp³-hybridized carbons (Fsp3) is 0.455. The number of rotatable bonds is 8. The van der Waals surface area contributed by atoms with E-state index in [2.05, 4.69) is 37.4 Å². The number of likely N-dealkylation sites (N-methyl/N-ethyl adjacent to an activating group) is 1. The number of hydrogen-bond acceptors (Lipinski definition) is 3. The van der Waals surface area contributed by atoms with Crippen molar-refractivity contribution in [2.45, 2.75) is 37.8 Å². The third kappa shape index (κ3) is 6.13. The summed E-state index contributed by atoms with van der Waals surface area (Å²) in [5.41, 5.74) is 8.61. The number of aryl methyl sites for hydroxylation is 2. The zero-order valence-electron chi connectivity index (χ0n) is 16.3. The standard InChI is InChI=1S/C22H30N2O2.ClH/c1-24-16-19(23)15-20(24)12-13-26-22-9-4-3-7-18(22)11-10-17-6-5-8-21(14-17)25-2;/h3-9,14,19-20H,10-13,15-16,23H2,1-2H3;1H/t19-,20-;/m1./s1. The van der Waals surface area contributed by atoms with Crippen molar-refractivity contribution < 1.29 is 26.8 Å². The van der Waals surface area contributed by atoms with E-state index in [1.54, 1.807) is 7.11 Å². The van der Waals surface area contributed by atoms with Crippen molar-refractivity contribution >= 4 is 0 Å². The Morgan fingerprint density at radius 3 is 2.67 bits per heavy atom. The lowest BCUT2D eigenvalue weighted by Gasteiger charge is -2.17. The molecule has 2 aromatic carbocycles. The number of ether oxygens (including phenoxy) is 2. The Hall–Kier alpha value is -1.75. The van der Waals surface area contributed by atoms with E-state index in [0.717, 1.165) is 50.3 Å². The minimum atomic E-state index is 0. The summed E-state index contributed by atoms with van der Waals surface area (Å²) >= 11 is 0. The third-order valence-corrected chi connectivity index (χ3v) is 5.38. The van der Waals surface area contributed by atoms with Gasteiger partial charge in [0.05, 0.1) is 39.4 Å². The van der Waals surface area contributed by atoms with E-state index in [9.17, 15) is 0 Å². The molecule has 0 saturated carbocycles. The van der Waals surface area contributed by atoms with Gasteiger partial charge in [-0.15, -0.1) is 0 Å². The van der Waals surface area contributed by atoms with E-state index in [4.69, 9.17) is 15.2 Å². The molecule has 3 atom stereocenters. The van der Waals surface area contributed by atoms with Crippen LogP contribution < -0.4 is 32.5 Å². The summed E-state index contributed by atoms with van der Waals surface area (Å²) in [4.78, 5) is 1.53. The Balaban J connectivity index is 0.00000261. The number of halogens is 1. The first-order valence-corrected chi connectivity index (χ1v) is 9.57. The second-order valence-electron chi connectivity index (χ2n) is 7.34. The Morgan fingerprint density at radius 2 is 1.93 bits per heavy atom. The molecule has 5 heteroatoms. The largest absolute Gasteiger partial charge is 1.00 e. The highest BCUT2D eigenvalue weighted by atomic mass is 35.5. The number of methoxy groups -OCH3 is 1. The Labute approximate surface area is 169 Å². The molecular formula is C22H31ClN2O2. The van der Waals surface area contributed by atoms with Gasteiger partial charge in [-0.05, 0) is 42.2 Å². The smallest absolute Gasteiger partial charge is 0.122 e. The monoisotopic (exact) mass is 390 g/mol. The van der Waals surface area contributed by atoms with Crippen LogP contribution in [0.15, 0.2) is 48.5 Å². The number of nitrogens with one attached hydrogen (secondary N) is 1. The molecule has 0 aromatic heterocycles. The van der Waals surface area contributed by atoms with E-state index < -0.39 is 0 Å². The minimum absolute atomic E-state index is 0. The van der Waals surface area contributed by atoms with Crippen LogP contribution in [0.5, 0.6) is 11.5 Å². The van der Waals surface area contributed by atoms with Gasteiger partial charge in [-0.2, -0.15) is 0 Å². The van der Waals surface area contributed by atoms with Gasteiger partial charge in [-0.1, -0.05) is 30.3 Å². The van der Waals surface area contributed by atoms with Crippen LogP contribution in [0.2, 0.25) is 0 Å². The molecule has 0 aliphatic carbocycles. The average Bonchev–Trinajstić information content (AvgIpc) is 2.98. The van der Waals surface area contributed by atoms with E-state index in [-0.39, 0.29) is 12.4 Å². The summed E-state index contributed by atoms with van der Waals surface area (Å²) in [5.74, 6) is 1.92. The van der Waals surface area contributed by atoms with Gasteiger partial charge in [0.15, 0.2) is 0 Å². The lowest BCUT2D eigenvalue weighted by Crippen LogP contribution is -3.11. The molecule has 1 fully saturated rings. The highest BCUT2D eigenvalue weighted by Crippen LogP contribution is 2.22. The number of quaternary nitrogens is 1. The predicted molar refractivity (Wildman–Crippen MR) is 105 cm³/mol. The number of hydrogen-bond donors (Lipinski definition) is 2. The minimum Gasteiger partial charge on any atom is -1.00 e. The molecule has 2 aromatic rings. The fourth-order valence-electron chi connectivity index (χ4n) is 3.86. The van der Waals surface area contributed by atoms with Crippen molar-refractivity contribution in [3.8, 4) is 11.5 Å². The van der Waals surface area contributed by atoms with Crippen molar-refractivity contribution in [2.24, 2.45) is 5.73 Å². The molecule has 3 N–H and O–H groups in total. The zero-order chi connectivity index (χ0) is 18.4. The molecule has 0 amide bonds. The molecule has 4 nitrogen and oxygen atoms in total. The summed E-state index contributed by atoms with van der Waals surface area (Å²) in [6.45, 7) is 1.83. The van der Waals surface area contributed by atoms with Crippen LogP contribution in [-0.2, 0) is 12.8 Å². The maximum Gasteiger partial charge on any atom is 0.122 e. The molecule has 1 heterocycles. The molecule has 1 unspecified atom stereocenters. The predicted octanol–water partition coefficient (Wildman–Crippen LogP) is -1.13. The van der Waals surface area contributed by atoms with E-state index in [1.807, 2.05) is 18.2 Å². The molecule has 0 spiro atoms. The van der Waals surface area contributed by atoms with Crippen LogP contribution in [0.1, 0.15) is 24.0 Å². The Morgan fingerprint density at radius 1 is 1.11 bits per heavy atom. The zero-order valence-corrected chi connectivity index (χ0v) is 17.0. The van der Waals surface area contributed by atoms with Crippen LogP contribution in [-0.4, -0.2) is 39.4 Å². The average molecular weight is 391 g/mol. The van der Waals surface area contributed by atoms with Crippen molar-refractivity contribution in [1.29, 1.82) is 0 Å². The van der Waals surface area contributed by atoms with Crippen molar-refractivity contribution in [1.82, 2.24) is 0 Å². The van der Waals surface area contributed by atoms with Gasteiger partial charge in [0.2, 0.25) is 0 Å². The summed E-state index contributed by atoms with van der Waals surface area (Å²) in [7, 11) is 3.94. The van der Waals surface area contributed by atoms with E-state index >= 15 is 0 Å². The summed E-state index contributed by atoms with van der Waals surface area (Å²) in [6, 6.07) is 17.6. The molecule has 27 heavy (non-hydrogen) atoms. The SMILES string of the molecule is COc1cccc(CCc2ccccc2OCC[C@@H]2C[C@@H](N)C[NH+]2C)c1.[Cl-]. The maximum absolute atomic E-state index is 6.14. The first-order chi connectivity index (χ1) is 12.7. The second-order valence-corrected chi connectivity index (χ2v) is 7.34. The van der Waals surface area contributed by atoms with Crippen LogP contribution in [0.3, 0.4) is 0 Å². The number of para-hydroxylation sites is 1. The van der Waals surface area contributed by atoms with Crippen molar-refractivity contribution in [3.05, 3.63) is 59.7 Å². The van der Waals surface area contributed by atoms with E-state index in [0.29, 0.717) is 12.1 Å². The third-order valence-electron chi connectivity index (χ3n) is 5.38. The first-order valence-electron chi connectivity index (χ1n) is 9.57. The molecule has 3 rings (SSSR count). The van der Waals surface area contributed by atoms with Gasteiger partial charge in [0.1, 0.15) is 11.5 Å². The topological polar surface area (TPSA) is 48.9 Å². The van der Waals surface area contributed by atoms with Gasteiger partial charge in [0.25, 0.3) is 0 Å². The van der Waals surface area contributed by atoms with E-state index in [1.165, 1.54) is 16.0 Å². The maximum atomic E-state index is 6.14. The van der Waals surface area contributed by atoms with Gasteiger partial charge in [-0.25, -0.2) is 0 Å². The van der Waals surface area contributed by atoms with Gasteiger partial charge in [0, 0.05) is 12.8 Å². The lowest BCUT2D eigenvalue weighted by molar-refractivity contribution is -0.892. The van der Waals surface area contributed by atoms with Gasteiger partial charge >= 0.3 is 0 Å². The Bertz CT molecular complexity index is 710. The number of benzene rings is 2. The summed E-state index contributed by atoms with van der Waals surface area (Å²) in [5, 5.41) is 0. The normalized spacial score (nSPS) is 21.5. The molecular weight excluding hydrogens is 360 g/mol. The van der Waals surface area contributed by atoms with Crippen molar-refractivity contribution in [2.75, 3.05) is 27.3 Å². The number of nitrogens with two attached hydrogens (primary N) is 1. The highest BCUT2D eigenvalue weighted by Gasteiger charge is 2.30. The van der Waals surface area contributed by atoms with Crippen molar-refractivity contribution in [3.63, 3.8) is 0 Å². The highest BCUT2D eigenvalue weighted by molar-refractivity contribution is 5.35. The van der Waals surface area contributed by atoms with Crippen LogP contribution in [0.4, 0.5) is 0 Å². The molecule has 1 aliphatic heterocycles.